The summed E-state index contributed by atoms with van der Waals surface area (Å²) in [5.74, 6) is 8.68. The second kappa shape index (κ2) is 17.2. The average molecular weight is 1010 g/mol. The molecule has 0 aliphatic rings. The fraction of sp³-hybridized carbons (Fsp3) is 0.212. The fourth-order valence-electron chi connectivity index (χ4n) is 7.92. The monoisotopic (exact) mass is 1010 g/mol. The van der Waals surface area contributed by atoms with Crippen molar-refractivity contribution in [3.63, 3.8) is 0 Å². The number of para-hydroxylation sites is 2. The predicted molar refractivity (Wildman–Crippen MR) is 245 cm³/mol. The third-order valence-electron chi connectivity index (χ3n) is 10.8. The van der Waals surface area contributed by atoms with E-state index < -0.39 is 13.3 Å². The fourth-order valence-corrected chi connectivity index (χ4v) is 11.5. The summed E-state index contributed by atoms with van der Waals surface area (Å²) in [4.78, 5) is 14.3. The Kier molecular flexibility index (Phi) is 11.9. The number of furan rings is 1. The quantitative estimate of drug-likeness (QED) is 0.118. The molecule has 0 N–H and O–H groups in total. The third kappa shape index (κ3) is 8.36. The number of benzene rings is 5. The molecule has 0 aliphatic carbocycles. The van der Waals surface area contributed by atoms with E-state index in [1.807, 2.05) is 37.3 Å². The van der Waals surface area contributed by atoms with Crippen LogP contribution >= 0.6 is 0 Å². The molecule has 0 saturated carbocycles. The predicted octanol–water partition coefficient (Wildman–Crippen LogP) is 13.4. The number of imidazole rings is 1. The number of pyridine rings is 2. The number of rotatable bonds is 7. The van der Waals surface area contributed by atoms with Crippen LogP contribution in [0, 0.1) is 26.0 Å². The smallest absolute Gasteiger partial charge is 0.0774 e. The summed E-state index contributed by atoms with van der Waals surface area (Å²) in [5.41, 5.74) is 14.8. The Balaban J connectivity index is 0.000000187. The van der Waals surface area contributed by atoms with Gasteiger partial charge in [-0.1, -0.05) is 70.2 Å². The van der Waals surface area contributed by atoms with Gasteiger partial charge in [-0.25, -0.2) is 0 Å². The van der Waals surface area contributed by atoms with E-state index in [4.69, 9.17) is 15.8 Å². The summed E-state index contributed by atoms with van der Waals surface area (Å²) >= 11 is -1.91. The number of nitrogens with zero attached hydrogens (tertiary/aromatic N) is 4. The van der Waals surface area contributed by atoms with E-state index in [-0.39, 0.29) is 20.1 Å². The van der Waals surface area contributed by atoms with E-state index in [0.29, 0.717) is 23.6 Å². The van der Waals surface area contributed by atoms with E-state index in [9.17, 15) is 0 Å². The standard InChI is InChI=1S/C31H29N2.C21H21GeN2O.Ir/c1-21(2)26-19-25(23-13-7-5-8-14-23)20-27(22(3)4)30(26)33-29-18-12-11-17-28(29)32-31(33)24-15-9-6-10-16-24;1-13-11-19(23-12-18(13)22(3,4)5)17-8-6-7-15-16-10-9-14(2)24-21(16)25-20(15)17;/h5-15,17-22H,1-4H3;6-7,9-12H,1-5H3;/q2*-1;/i6D;;. The zero-order valence-electron chi connectivity index (χ0n) is 36.2. The van der Waals surface area contributed by atoms with Crippen LogP contribution in [0.15, 0.2) is 132 Å². The summed E-state index contributed by atoms with van der Waals surface area (Å²) in [6, 6.07) is 46.4. The molecule has 0 spiro atoms. The second-order valence-electron chi connectivity index (χ2n) is 16.8. The Morgan fingerprint density at radius 2 is 1.44 bits per heavy atom. The molecule has 0 aliphatic heterocycles. The first-order chi connectivity index (χ1) is 28.3. The van der Waals surface area contributed by atoms with Crippen LogP contribution in [0.25, 0.3) is 72.6 Å². The maximum Gasteiger partial charge on any atom is 0.0774 e. The van der Waals surface area contributed by atoms with Crippen LogP contribution in [0.4, 0.5) is 0 Å². The van der Waals surface area contributed by atoms with Crippen LogP contribution in [-0.4, -0.2) is 32.8 Å². The van der Waals surface area contributed by atoms with Gasteiger partial charge in [0.05, 0.1) is 16.9 Å². The van der Waals surface area contributed by atoms with Gasteiger partial charge >= 0.3 is 150 Å². The summed E-state index contributed by atoms with van der Waals surface area (Å²) < 4.78 is 17.7. The van der Waals surface area contributed by atoms with Crippen molar-refractivity contribution in [2.24, 2.45) is 0 Å². The molecular formula is C52H50GeIrN4O-2. The Morgan fingerprint density at radius 3 is 2.10 bits per heavy atom. The zero-order valence-corrected chi connectivity index (χ0v) is 39.7. The van der Waals surface area contributed by atoms with Crippen molar-refractivity contribution in [3.8, 4) is 39.5 Å². The Labute approximate surface area is 366 Å². The first kappa shape index (κ1) is 40.6. The number of hydrogen-bond donors (Lipinski definition) is 0. The summed E-state index contributed by atoms with van der Waals surface area (Å²) in [7, 11) is 0. The van der Waals surface area contributed by atoms with Crippen LogP contribution in [0.3, 0.4) is 0 Å². The van der Waals surface area contributed by atoms with Crippen molar-refractivity contribution in [1.29, 1.82) is 0 Å². The van der Waals surface area contributed by atoms with Crippen molar-refractivity contribution in [2.45, 2.75) is 70.6 Å². The molecule has 5 nitrogen and oxygen atoms in total. The molecule has 5 aromatic carbocycles. The minimum atomic E-state index is -1.91. The number of fused-ring (bicyclic) bond motifs is 4. The Bertz CT molecular complexity index is 2930. The van der Waals surface area contributed by atoms with E-state index in [1.165, 1.54) is 37.9 Å². The molecule has 59 heavy (non-hydrogen) atoms. The first-order valence-corrected chi connectivity index (χ1v) is 27.5. The van der Waals surface area contributed by atoms with E-state index in [1.54, 1.807) is 12.1 Å². The van der Waals surface area contributed by atoms with E-state index in [2.05, 4.69) is 153 Å². The average Bonchev–Trinajstić information content (AvgIpc) is 3.79. The van der Waals surface area contributed by atoms with Gasteiger partial charge in [-0.3, -0.25) is 4.98 Å². The van der Waals surface area contributed by atoms with Gasteiger partial charge in [0.25, 0.3) is 0 Å². The van der Waals surface area contributed by atoms with Gasteiger partial charge in [0.15, 0.2) is 0 Å². The molecule has 0 amide bonds. The van der Waals surface area contributed by atoms with Gasteiger partial charge < -0.3 is 4.57 Å². The summed E-state index contributed by atoms with van der Waals surface area (Å²) in [6.07, 6.45) is 2.06. The molecular weight excluding hydrogens is 961 g/mol. The third-order valence-corrected chi connectivity index (χ3v) is 15.3. The maximum absolute atomic E-state index is 7.91. The van der Waals surface area contributed by atoms with Crippen molar-refractivity contribution < 1.29 is 25.9 Å². The molecule has 9 rings (SSSR count). The summed E-state index contributed by atoms with van der Waals surface area (Å²) in [6.45, 7) is 13.2. The van der Waals surface area contributed by atoms with Crippen molar-refractivity contribution >= 4 is 50.8 Å². The van der Waals surface area contributed by atoms with E-state index >= 15 is 0 Å². The molecule has 0 fully saturated rings. The summed E-state index contributed by atoms with van der Waals surface area (Å²) in [5, 5.41) is 2.10. The van der Waals surface area contributed by atoms with Crippen molar-refractivity contribution in [2.75, 3.05) is 0 Å². The van der Waals surface area contributed by atoms with Gasteiger partial charge in [0.1, 0.15) is 0 Å². The van der Waals surface area contributed by atoms with Crippen molar-refractivity contribution in [1.82, 2.24) is 19.5 Å². The van der Waals surface area contributed by atoms with Crippen LogP contribution in [0.5, 0.6) is 0 Å². The minimum absolute atomic E-state index is 0. The molecule has 299 valence electrons. The van der Waals surface area contributed by atoms with Gasteiger partial charge in [0, 0.05) is 25.8 Å². The van der Waals surface area contributed by atoms with Gasteiger partial charge in [-0.15, -0.1) is 35.9 Å². The largest absolute Gasteiger partial charge is 0.333 e. The SMILES string of the molecule is Cc1ccc2c(n1)oc1c(-c3cc(C)[c]([Ge]([CH3])([CH3])[CH3])cn3)[c-]ccc12.[2H]c1c[c-]c(-c2nc3ccccc3n2-c2c(C(C)C)cc(-c3ccccc3)cc2C(C)C)cc1.[Ir]. The van der Waals surface area contributed by atoms with Crippen molar-refractivity contribution in [3.05, 3.63) is 162 Å². The zero-order chi connectivity index (χ0) is 41.6. The number of aromatic nitrogens is 4. The van der Waals surface area contributed by atoms with Crippen LogP contribution in [0.2, 0.25) is 17.3 Å². The molecule has 1 radical (unpaired) electrons. The van der Waals surface area contributed by atoms with Crippen LogP contribution in [-0.2, 0) is 20.1 Å². The second-order valence-corrected chi connectivity index (χ2v) is 27.3. The molecule has 7 heteroatoms. The number of hydrogen-bond acceptors (Lipinski definition) is 4. The van der Waals surface area contributed by atoms with Gasteiger partial charge in [-0.2, -0.15) is 0 Å². The van der Waals surface area contributed by atoms with E-state index in [0.717, 1.165) is 55.7 Å². The van der Waals surface area contributed by atoms with Gasteiger partial charge in [-0.05, 0) is 59.7 Å². The normalized spacial score (nSPS) is 11.9. The molecule has 0 atom stereocenters. The molecule has 0 unspecified atom stereocenters. The number of aryl methyl sites for hydroxylation is 2. The van der Waals surface area contributed by atoms with Crippen LogP contribution in [0.1, 0.15) is 63.3 Å². The maximum atomic E-state index is 7.91. The van der Waals surface area contributed by atoms with Crippen LogP contribution < -0.4 is 4.40 Å². The Morgan fingerprint density at radius 1 is 0.729 bits per heavy atom. The molecule has 9 aromatic rings. The Hall–Kier alpha value is -5.14. The van der Waals surface area contributed by atoms with Gasteiger partial charge in [0.2, 0.25) is 0 Å². The molecule has 4 aromatic heterocycles. The molecule has 0 saturated heterocycles. The minimum Gasteiger partial charge on any atom is -0.333 e. The topological polar surface area (TPSA) is 56.7 Å². The molecule has 0 bridgehead atoms. The first-order valence-electron chi connectivity index (χ1n) is 20.7. The molecule has 4 heterocycles.